The number of aliphatic carboxylic acids is 1. The molecule has 0 unspecified atom stereocenters. The number of rotatable bonds is 3. The van der Waals surface area contributed by atoms with Gasteiger partial charge in [-0.1, -0.05) is 0 Å². The molecular formula is C11H20N2O4. The lowest BCUT2D eigenvalue weighted by Crippen LogP contribution is -2.48. The largest absolute Gasteiger partial charge is 0.474 e. The fraction of sp³-hybridized carbons (Fsp3) is 0.818. The fourth-order valence-corrected chi connectivity index (χ4v) is 2.21. The lowest BCUT2D eigenvalue weighted by Gasteiger charge is -2.36. The van der Waals surface area contributed by atoms with Crippen molar-refractivity contribution in [3.8, 4) is 0 Å². The number of nitrogens with zero attached hydrogens (tertiary/aromatic N) is 2. The van der Waals surface area contributed by atoms with E-state index in [0.717, 1.165) is 12.8 Å². The van der Waals surface area contributed by atoms with Gasteiger partial charge in [-0.15, -0.1) is 0 Å². The second kappa shape index (κ2) is 5.97. The third kappa shape index (κ3) is 3.98. The molecular weight excluding hydrogens is 224 g/mol. The number of aliphatic hydroxyl groups is 1. The minimum Gasteiger partial charge on any atom is -0.474 e. The molecule has 0 spiro atoms. The maximum atomic E-state index is 11.2. The summed E-state index contributed by atoms with van der Waals surface area (Å²) < 4.78 is 0. The Labute approximate surface area is 101 Å². The SMILES string of the molecule is C[C@H](O)CN(C)C1CCN(C(=O)C(=O)O)CC1. The lowest BCUT2D eigenvalue weighted by molar-refractivity contribution is -0.156. The lowest BCUT2D eigenvalue weighted by atomic mass is 10.0. The van der Waals surface area contributed by atoms with Crippen molar-refractivity contribution >= 4 is 11.9 Å². The van der Waals surface area contributed by atoms with E-state index < -0.39 is 11.9 Å². The van der Waals surface area contributed by atoms with E-state index in [9.17, 15) is 14.7 Å². The molecule has 1 aliphatic heterocycles. The number of amides is 1. The van der Waals surface area contributed by atoms with Crippen molar-refractivity contribution < 1.29 is 19.8 Å². The van der Waals surface area contributed by atoms with Crippen molar-refractivity contribution in [1.82, 2.24) is 9.80 Å². The molecule has 6 nitrogen and oxygen atoms in total. The van der Waals surface area contributed by atoms with E-state index in [2.05, 4.69) is 4.90 Å². The first-order valence-corrected chi connectivity index (χ1v) is 5.82. The number of carboxylic acid groups (broad SMARTS) is 1. The molecule has 0 radical (unpaired) electrons. The highest BCUT2D eigenvalue weighted by molar-refractivity contribution is 6.31. The Morgan fingerprint density at radius 1 is 1.41 bits per heavy atom. The minimum atomic E-state index is -1.39. The highest BCUT2D eigenvalue weighted by atomic mass is 16.4. The van der Waals surface area contributed by atoms with Crippen LogP contribution < -0.4 is 0 Å². The third-order valence-electron chi connectivity index (χ3n) is 3.11. The number of carbonyl (C=O) groups excluding carboxylic acids is 1. The van der Waals surface area contributed by atoms with Crippen LogP contribution in [0.5, 0.6) is 0 Å². The van der Waals surface area contributed by atoms with E-state index >= 15 is 0 Å². The predicted molar refractivity (Wildman–Crippen MR) is 61.5 cm³/mol. The Morgan fingerprint density at radius 2 is 1.94 bits per heavy atom. The highest BCUT2D eigenvalue weighted by Crippen LogP contribution is 2.15. The molecule has 1 atom stereocenters. The van der Waals surface area contributed by atoms with Crippen LogP contribution in [-0.4, -0.2) is 70.7 Å². The first kappa shape index (κ1) is 13.9. The summed E-state index contributed by atoms with van der Waals surface area (Å²) in [5, 5.41) is 17.9. The maximum Gasteiger partial charge on any atom is 0.394 e. The Balaban J connectivity index is 2.40. The zero-order valence-electron chi connectivity index (χ0n) is 10.3. The van der Waals surface area contributed by atoms with Crippen LogP contribution in [-0.2, 0) is 9.59 Å². The van der Waals surface area contributed by atoms with E-state index in [4.69, 9.17) is 5.11 Å². The van der Waals surface area contributed by atoms with E-state index in [-0.39, 0.29) is 6.10 Å². The molecule has 2 N–H and O–H groups in total. The standard InChI is InChI=1S/C11H20N2O4/c1-8(14)7-12(2)9-3-5-13(6-4-9)10(15)11(16)17/h8-9,14H,3-7H2,1-2H3,(H,16,17)/t8-/m0/s1. The van der Waals surface area contributed by atoms with Gasteiger partial charge in [0.25, 0.3) is 0 Å². The number of carbonyl (C=O) groups is 2. The van der Waals surface area contributed by atoms with Crippen molar-refractivity contribution in [3.05, 3.63) is 0 Å². The number of likely N-dealkylation sites (N-methyl/N-ethyl adjacent to an activating group) is 1. The number of hydrogen-bond donors (Lipinski definition) is 2. The van der Waals surface area contributed by atoms with Crippen LogP contribution >= 0.6 is 0 Å². The third-order valence-corrected chi connectivity index (χ3v) is 3.11. The van der Waals surface area contributed by atoms with Crippen LogP contribution in [0.1, 0.15) is 19.8 Å². The fourth-order valence-electron chi connectivity index (χ4n) is 2.21. The van der Waals surface area contributed by atoms with Crippen molar-refractivity contribution in [1.29, 1.82) is 0 Å². The monoisotopic (exact) mass is 244 g/mol. The predicted octanol–water partition coefficient (Wildman–Crippen LogP) is -0.625. The molecule has 0 bridgehead atoms. The van der Waals surface area contributed by atoms with Gasteiger partial charge < -0.3 is 20.0 Å². The van der Waals surface area contributed by atoms with Gasteiger partial charge >= 0.3 is 11.9 Å². The van der Waals surface area contributed by atoms with Crippen LogP contribution in [0.2, 0.25) is 0 Å². The van der Waals surface area contributed by atoms with Crippen molar-refractivity contribution in [2.24, 2.45) is 0 Å². The molecule has 1 amide bonds. The topological polar surface area (TPSA) is 81.1 Å². The Hall–Kier alpha value is -1.14. The van der Waals surface area contributed by atoms with Crippen LogP contribution in [0.3, 0.4) is 0 Å². The molecule has 0 saturated carbocycles. The molecule has 1 heterocycles. The van der Waals surface area contributed by atoms with Gasteiger partial charge in [-0.3, -0.25) is 4.79 Å². The molecule has 1 aliphatic rings. The van der Waals surface area contributed by atoms with Gasteiger partial charge in [0.1, 0.15) is 0 Å². The molecule has 0 aromatic heterocycles. The Bertz CT molecular complexity index is 285. The van der Waals surface area contributed by atoms with E-state index in [1.54, 1.807) is 6.92 Å². The molecule has 1 fully saturated rings. The molecule has 0 aromatic carbocycles. The van der Waals surface area contributed by atoms with Gasteiger partial charge in [0, 0.05) is 25.7 Å². The van der Waals surface area contributed by atoms with Crippen LogP contribution in [0.15, 0.2) is 0 Å². The second-order valence-electron chi connectivity index (χ2n) is 4.62. The van der Waals surface area contributed by atoms with Crippen LogP contribution in [0.4, 0.5) is 0 Å². The summed E-state index contributed by atoms with van der Waals surface area (Å²) in [6.07, 6.45) is 1.13. The number of carboxylic acids is 1. The molecule has 0 aliphatic carbocycles. The molecule has 1 saturated heterocycles. The average Bonchev–Trinajstić information content (AvgIpc) is 2.27. The zero-order valence-corrected chi connectivity index (χ0v) is 10.3. The summed E-state index contributed by atoms with van der Waals surface area (Å²) in [7, 11) is 1.94. The molecule has 17 heavy (non-hydrogen) atoms. The first-order chi connectivity index (χ1) is 7.91. The second-order valence-corrected chi connectivity index (χ2v) is 4.62. The normalized spacial score (nSPS) is 19.4. The summed E-state index contributed by atoms with van der Waals surface area (Å²) >= 11 is 0. The quantitative estimate of drug-likeness (QED) is 0.646. The van der Waals surface area contributed by atoms with Gasteiger partial charge in [0.15, 0.2) is 0 Å². The van der Waals surface area contributed by atoms with Gasteiger partial charge in [-0.25, -0.2) is 4.79 Å². The van der Waals surface area contributed by atoms with Gasteiger partial charge in [-0.2, -0.15) is 0 Å². The zero-order chi connectivity index (χ0) is 13.0. The van der Waals surface area contributed by atoms with Gasteiger partial charge in [-0.05, 0) is 26.8 Å². The number of hydrogen-bond acceptors (Lipinski definition) is 4. The summed E-state index contributed by atoms with van der Waals surface area (Å²) in [6, 6.07) is 0.308. The van der Waals surface area contributed by atoms with Crippen molar-refractivity contribution in [3.63, 3.8) is 0 Å². The van der Waals surface area contributed by atoms with E-state index in [1.165, 1.54) is 4.90 Å². The Morgan fingerprint density at radius 3 is 2.35 bits per heavy atom. The summed E-state index contributed by atoms with van der Waals surface area (Å²) in [6.45, 7) is 3.27. The smallest absolute Gasteiger partial charge is 0.394 e. The van der Waals surface area contributed by atoms with Crippen molar-refractivity contribution in [2.75, 3.05) is 26.7 Å². The van der Waals surface area contributed by atoms with Crippen LogP contribution in [0, 0.1) is 0 Å². The number of piperidine rings is 1. The minimum absolute atomic E-state index is 0.308. The Kier molecular flexibility index (Phi) is 4.89. The van der Waals surface area contributed by atoms with E-state index in [0.29, 0.717) is 25.7 Å². The summed E-state index contributed by atoms with van der Waals surface area (Å²) in [5.74, 6) is -2.21. The number of likely N-dealkylation sites (tertiary alicyclic amines) is 1. The van der Waals surface area contributed by atoms with Crippen LogP contribution in [0.25, 0.3) is 0 Å². The summed E-state index contributed by atoms with van der Waals surface area (Å²) in [4.78, 5) is 25.2. The number of aliphatic hydroxyl groups excluding tert-OH is 1. The maximum absolute atomic E-state index is 11.2. The molecule has 0 aromatic rings. The molecule has 6 heteroatoms. The molecule has 1 rings (SSSR count). The van der Waals surface area contributed by atoms with Gasteiger partial charge in [0.2, 0.25) is 0 Å². The highest BCUT2D eigenvalue weighted by Gasteiger charge is 2.28. The van der Waals surface area contributed by atoms with Crippen molar-refractivity contribution in [2.45, 2.75) is 31.9 Å². The van der Waals surface area contributed by atoms with Gasteiger partial charge in [0.05, 0.1) is 6.10 Å². The average molecular weight is 244 g/mol. The first-order valence-electron chi connectivity index (χ1n) is 5.82. The molecule has 98 valence electrons. The van der Waals surface area contributed by atoms with E-state index in [1.807, 2.05) is 7.05 Å². The summed E-state index contributed by atoms with van der Waals surface area (Å²) in [5.41, 5.74) is 0.